The number of fused-ring (bicyclic) bond motifs is 1. The van der Waals surface area contributed by atoms with Gasteiger partial charge in [-0.2, -0.15) is 0 Å². The molecule has 4 nitrogen and oxygen atoms in total. The van der Waals surface area contributed by atoms with Gasteiger partial charge in [-0.25, -0.2) is 0 Å². The predicted molar refractivity (Wildman–Crippen MR) is 94.9 cm³/mol. The van der Waals surface area contributed by atoms with Gasteiger partial charge in [0.2, 0.25) is 0 Å². The van der Waals surface area contributed by atoms with Crippen LogP contribution in [0.3, 0.4) is 0 Å². The summed E-state index contributed by atoms with van der Waals surface area (Å²) in [5.74, 6) is 1.56. The number of likely N-dealkylation sites (tertiary alicyclic amines) is 1. The Morgan fingerprint density at radius 2 is 2.33 bits per heavy atom. The van der Waals surface area contributed by atoms with Gasteiger partial charge in [-0.1, -0.05) is 18.2 Å². The highest BCUT2D eigenvalue weighted by Gasteiger charge is 2.33. The Kier molecular flexibility index (Phi) is 4.48. The standard InChI is InChI=1S/C20H24N2O2/c23-10-9-22-14-17(13-19(22)5-4-18-2-1-8-21-18)15-3-6-20-16(12-15)7-11-24-20/h1,3,6,8,10,12,17,19H,2,4-5,7,9,11,13-14H2. The molecular weight excluding hydrogens is 300 g/mol. The maximum absolute atomic E-state index is 11.1. The third kappa shape index (κ3) is 3.16. The van der Waals surface area contributed by atoms with Gasteiger partial charge in [0.25, 0.3) is 0 Å². The van der Waals surface area contributed by atoms with Crippen molar-refractivity contribution in [2.24, 2.45) is 4.99 Å². The molecule has 0 N–H and O–H groups in total. The zero-order valence-electron chi connectivity index (χ0n) is 14.0. The number of rotatable bonds is 6. The fourth-order valence-corrected chi connectivity index (χ4v) is 4.21. The van der Waals surface area contributed by atoms with Crippen molar-refractivity contribution in [3.05, 3.63) is 41.6 Å². The molecule has 0 amide bonds. The van der Waals surface area contributed by atoms with Gasteiger partial charge >= 0.3 is 0 Å². The molecule has 0 aliphatic carbocycles. The van der Waals surface area contributed by atoms with Gasteiger partial charge in [-0.05, 0) is 42.4 Å². The first-order valence-electron chi connectivity index (χ1n) is 8.97. The Bertz CT molecular complexity index is 680. The van der Waals surface area contributed by atoms with E-state index in [1.807, 2.05) is 6.20 Å². The van der Waals surface area contributed by atoms with E-state index in [0.717, 1.165) is 57.3 Å². The first-order chi connectivity index (χ1) is 11.8. The SMILES string of the molecule is O=CCN1CC(c2ccc3c(c2)CCO3)CC1CCC1=NC=CC1. The van der Waals surface area contributed by atoms with Gasteiger partial charge in [-0.15, -0.1) is 0 Å². The molecule has 2 unspecified atom stereocenters. The summed E-state index contributed by atoms with van der Waals surface area (Å²) in [6, 6.07) is 7.13. The molecule has 24 heavy (non-hydrogen) atoms. The number of allylic oxidation sites excluding steroid dienone is 1. The number of benzene rings is 1. The molecule has 0 bridgehead atoms. The topological polar surface area (TPSA) is 41.9 Å². The van der Waals surface area contributed by atoms with E-state index in [0.29, 0.717) is 18.5 Å². The average molecular weight is 324 g/mol. The normalized spacial score (nSPS) is 25.6. The Labute approximate surface area is 143 Å². The van der Waals surface area contributed by atoms with E-state index in [2.05, 4.69) is 34.2 Å². The molecule has 4 rings (SSSR count). The van der Waals surface area contributed by atoms with E-state index in [9.17, 15) is 4.79 Å². The van der Waals surface area contributed by atoms with E-state index in [-0.39, 0.29) is 0 Å². The van der Waals surface area contributed by atoms with Crippen LogP contribution in [0.4, 0.5) is 0 Å². The fourth-order valence-electron chi connectivity index (χ4n) is 4.21. The first-order valence-corrected chi connectivity index (χ1v) is 8.97. The third-order valence-electron chi connectivity index (χ3n) is 5.50. The predicted octanol–water partition coefficient (Wildman–Crippen LogP) is 3.12. The lowest BCUT2D eigenvalue weighted by atomic mass is 9.93. The summed E-state index contributed by atoms with van der Waals surface area (Å²) >= 11 is 0. The lowest BCUT2D eigenvalue weighted by Gasteiger charge is -2.21. The molecule has 1 aromatic carbocycles. The monoisotopic (exact) mass is 324 g/mol. The van der Waals surface area contributed by atoms with Crippen molar-refractivity contribution >= 4 is 12.0 Å². The molecular formula is C20H24N2O2. The van der Waals surface area contributed by atoms with Crippen LogP contribution in [-0.2, 0) is 11.2 Å². The Morgan fingerprint density at radius 1 is 1.38 bits per heavy atom. The van der Waals surface area contributed by atoms with Crippen molar-refractivity contribution in [2.75, 3.05) is 19.7 Å². The van der Waals surface area contributed by atoms with E-state index in [1.54, 1.807) is 0 Å². The number of aliphatic imine (C=N–C) groups is 1. The smallest absolute Gasteiger partial charge is 0.133 e. The quantitative estimate of drug-likeness (QED) is 0.755. The zero-order valence-corrected chi connectivity index (χ0v) is 14.0. The van der Waals surface area contributed by atoms with Gasteiger partial charge in [0.1, 0.15) is 12.0 Å². The van der Waals surface area contributed by atoms with Crippen molar-refractivity contribution in [1.82, 2.24) is 4.90 Å². The van der Waals surface area contributed by atoms with Gasteiger partial charge in [0.15, 0.2) is 0 Å². The largest absolute Gasteiger partial charge is 0.493 e. The van der Waals surface area contributed by atoms with Crippen molar-refractivity contribution in [3.63, 3.8) is 0 Å². The summed E-state index contributed by atoms with van der Waals surface area (Å²) in [6.07, 6.45) is 10.3. The van der Waals surface area contributed by atoms with Crippen molar-refractivity contribution in [3.8, 4) is 5.75 Å². The Morgan fingerprint density at radius 3 is 3.17 bits per heavy atom. The van der Waals surface area contributed by atoms with E-state index < -0.39 is 0 Å². The molecule has 1 saturated heterocycles. The molecule has 3 aliphatic rings. The van der Waals surface area contributed by atoms with Crippen LogP contribution in [0.1, 0.15) is 42.7 Å². The summed E-state index contributed by atoms with van der Waals surface area (Å²) in [5, 5.41) is 0. The van der Waals surface area contributed by atoms with Crippen molar-refractivity contribution < 1.29 is 9.53 Å². The number of hydrogen-bond acceptors (Lipinski definition) is 4. The minimum atomic E-state index is 0.480. The molecule has 0 radical (unpaired) electrons. The number of carbonyl (C=O) groups excluding carboxylic acids is 1. The number of ether oxygens (including phenoxy) is 1. The minimum absolute atomic E-state index is 0.480. The van der Waals surface area contributed by atoms with Crippen LogP contribution in [-0.4, -0.2) is 42.6 Å². The molecule has 1 aromatic rings. The van der Waals surface area contributed by atoms with Gasteiger partial charge in [-0.3, -0.25) is 9.89 Å². The van der Waals surface area contributed by atoms with Crippen LogP contribution in [0.15, 0.2) is 35.5 Å². The van der Waals surface area contributed by atoms with Gasteiger partial charge in [0, 0.05) is 37.3 Å². The second kappa shape index (κ2) is 6.89. The molecule has 0 spiro atoms. The van der Waals surface area contributed by atoms with Crippen molar-refractivity contribution in [1.29, 1.82) is 0 Å². The van der Waals surface area contributed by atoms with Gasteiger partial charge in [0.05, 0.1) is 13.2 Å². The van der Waals surface area contributed by atoms with Crippen LogP contribution in [0.25, 0.3) is 0 Å². The third-order valence-corrected chi connectivity index (χ3v) is 5.50. The first kappa shape index (κ1) is 15.6. The van der Waals surface area contributed by atoms with E-state index in [1.165, 1.54) is 16.8 Å². The summed E-state index contributed by atoms with van der Waals surface area (Å²) in [4.78, 5) is 17.8. The maximum atomic E-state index is 11.1. The fraction of sp³-hybridized carbons (Fsp3) is 0.500. The number of hydrogen-bond donors (Lipinski definition) is 0. The van der Waals surface area contributed by atoms with Crippen LogP contribution in [0.2, 0.25) is 0 Å². The van der Waals surface area contributed by atoms with Crippen LogP contribution in [0.5, 0.6) is 5.75 Å². The van der Waals surface area contributed by atoms with E-state index in [4.69, 9.17) is 4.74 Å². The van der Waals surface area contributed by atoms with E-state index >= 15 is 0 Å². The molecule has 3 heterocycles. The summed E-state index contributed by atoms with van der Waals surface area (Å²) in [5.41, 5.74) is 4.01. The van der Waals surface area contributed by atoms with Crippen LogP contribution < -0.4 is 4.74 Å². The number of nitrogens with zero attached hydrogens (tertiary/aromatic N) is 2. The maximum Gasteiger partial charge on any atom is 0.133 e. The second-order valence-electron chi connectivity index (χ2n) is 7.00. The second-order valence-corrected chi connectivity index (χ2v) is 7.00. The molecule has 3 aliphatic heterocycles. The molecule has 2 atom stereocenters. The van der Waals surface area contributed by atoms with Crippen LogP contribution in [0, 0.1) is 0 Å². The molecule has 0 aromatic heterocycles. The number of aldehydes is 1. The van der Waals surface area contributed by atoms with Crippen LogP contribution >= 0.6 is 0 Å². The molecule has 1 fully saturated rings. The Hall–Kier alpha value is -1.94. The Balaban J connectivity index is 1.44. The average Bonchev–Trinajstić information content (AvgIpc) is 3.33. The highest BCUT2D eigenvalue weighted by atomic mass is 16.5. The lowest BCUT2D eigenvalue weighted by Crippen LogP contribution is -2.31. The lowest BCUT2D eigenvalue weighted by molar-refractivity contribution is -0.109. The zero-order chi connectivity index (χ0) is 16.4. The number of carbonyl (C=O) groups is 1. The summed E-state index contributed by atoms with van der Waals surface area (Å²) in [7, 11) is 0. The van der Waals surface area contributed by atoms with Crippen molar-refractivity contribution in [2.45, 2.75) is 44.1 Å². The highest BCUT2D eigenvalue weighted by Crippen LogP contribution is 2.36. The highest BCUT2D eigenvalue weighted by molar-refractivity contribution is 5.88. The minimum Gasteiger partial charge on any atom is -0.493 e. The summed E-state index contributed by atoms with van der Waals surface area (Å²) < 4.78 is 5.62. The molecule has 126 valence electrons. The molecule has 0 saturated carbocycles. The molecule has 4 heteroatoms. The van der Waals surface area contributed by atoms with Gasteiger partial charge < -0.3 is 9.53 Å². The summed E-state index contributed by atoms with van der Waals surface area (Å²) in [6.45, 7) is 2.33.